The standard InChI is InChI=1S/C19H25ClN6/c1-2-22-19(24-11-7-15-5-3-9-21-13-15)25-16-8-12-26(14-16)18-17(20)6-4-10-23-18/h3-6,9-10,13,16H,2,7-8,11-12,14H2,1H3,(H2,22,24,25). The van der Waals surface area contributed by atoms with Crippen LogP contribution in [-0.4, -0.2) is 48.1 Å². The minimum absolute atomic E-state index is 0.323. The first-order valence-corrected chi connectivity index (χ1v) is 9.43. The zero-order valence-corrected chi connectivity index (χ0v) is 15.8. The van der Waals surface area contributed by atoms with Crippen LogP contribution in [0.5, 0.6) is 0 Å². The summed E-state index contributed by atoms with van der Waals surface area (Å²) in [6.07, 6.45) is 7.37. The van der Waals surface area contributed by atoms with E-state index in [4.69, 9.17) is 16.6 Å². The molecule has 0 spiro atoms. The van der Waals surface area contributed by atoms with Crippen LogP contribution >= 0.6 is 11.6 Å². The summed E-state index contributed by atoms with van der Waals surface area (Å²) >= 11 is 6.27. The van der Waals surface area contributed by atoms with Crippen molar-refractivity contribution in [1.29, 1.82) is 0 Å². The van der Waals surface area contributed by atoms with Gasteiger partial charge in [-0.15, -0.1) is 0 Å². The largest absolute Gasteiger partial charge is 0.357 e. The molecule has 138 valence electrons. The van der Waals surface area contributed by atoms with Gasteiger partial charge in [-0.05, 0) is 43.5 Å². The number of pyridine rings is 2. The van der Waals surface area contributed by atoms with Gasteiger partial charge in [-0.2, -0.15) is 0 Å². The zero-order chi connectivity index (χ0) is 18.2. The van der Waals surface area contributed by atoms with E-state index in [1.807, 2.05) is 24.4 Å². The molecule has 0 aliphatic carbocycles. The van der Waals surface area contributed by atoms with Gasteiger partial charge in [-0.3, -0.25) is 9.98 Å². The molecule has 0 radical (unpaired) electrons. The van der Waals surface area contributed by atoms with Gasteiger partial charge in [-0.25, -0.2) is 4.98 Å². The smallest absolute Gasteiger partial charge is 0.191 e. The molecular weight excluding hydrogens is 348 g/mol. The summed E-state index contributed by atoms with van der Waals surface area (Å²) in [4.78, 5) is 15.5. The lowest BCUT2D eigenvalue weighted by Crippen LogP contribution is -2.44. The lowest BCUT2D eigenvalue weighted by Gasteiger charge is -2.20. The SMILES string of the molecule is CCNC(=NCCc1cccnc1)NC1CCN(c2ncccc2Cl)C1. The van der Waals surface area contributed by atoms with E-state index in [2.05, 4.69) is 38.5 Å². The number of hydrogen-bond acceptors (Lipinski definition) is 4. The highest BCUT2D eigenvalue weighted by Gasteiger charge is 2.25. The Labute approximate surface area is 159 Å². The molecule has 1 atom stereocenters. The summed E-state index contributed by atoms with van der Waals surface area (Å²) in [5, 5.41) is 7.56. The van der Waals surface area contributed by atoms with Gasteiger partial charge in [0.25, 0.3) is 0 Å². The molecule has 7 heteroatoms. The molecular formula is C19H25ClN6. The summed E-state index contributed by atoms with van der Waals surface area (Å²) in [6, 6.07) is 8.10. The summed E-state index contributed by atoms with van der Waals surface area (Å²) in [5.74, 6) is 1.72. The van der Waals surface area contributed by atoms with Crippen LogP contribution in [0.15, 0.2) is 47.8 Å². The van der Waals surface area contributed by atoms with Crippen molar-refractivity contribution in [2.24, 2.45) is 4.99 Å². The minimum atomic E-state index is 0.323. The Morgan fingerprint density at radius 1 is 1.35 bits per heavy atom. The zero-order valence-electron chi connectivity index (χ0n) is 15.0. The van der Waals surface area contributed by atoms with Crippen molar-refractivity contribution in [3.63, 3.8) is 0 Å². The lowest BCUT2D eigenvalue weighted by molar-refractivity contribution is 0.648. The number of rotatable bonds is 6. The Hall–Kier alpha value is -2.34. The Balaban J connectivity index is 1.55. The van der Waals surface area contributed by atoms with E-state index in [0.717, 1.165) is 50.8 Å². The molecule has 1 aliphatic heterocycles. The third kappa shape index (κ3) is 5.08. The molecule has 0 aromatic carbocycles. The quantitative estimate of drug-likeness (QED) is 0.602. The van der Waals surface area contributed by atoms with Crippen LogP contribution in [0.25, 0.3) is 0 Å². The second-order valence-electron chi connectivity index (χ2n) is 6.26. The number of anilines is 1. The number of aliphatic imine (C=N–C) groups is 1. The number of aromatic nitrogens is 2. The molecule has 1 saturated heterocycles. The van der Waals surface area contributed by atoms with Crippen LogP contribution in [0.2, 0.25) is 5.02 Å². The monoisotopic (exact) mass is 372 g/mol. The maximum Gasteiger partial charge on any atom is 0.191 e. The second-order valence-corrected chi connectivity index (χ2v) is 6.66. The number of halogens is 1. The third-order valence-corrected chi connectivity index (χ3v) is 4.60. The van der Waals surface area contributed by atoms with Crippen LogP contribution in [0.3, 0.4) is 0 Å². The highest BCUT2D eigenvalue weighted by Crippen LogP contribution is 2.25. The topological polar surface area (TPSA) is 65.4 Å². The Kier molecular flexibility index (Phi) is 6.66. The van der Waals surface area contributed by atoms with Crippen LogP contribution in [-0.2, 0) is 6.42 Å². The maximum atomic E-state index is 6.27. The van der Waals surface area contributed by atoms with E-state index < -0.39 is 0 Å². The highest BCUT2D eigenvalue weighted by atomic mass is 35.5. The molecule has 2 aromatic heterocycles. The van der Waals surface area contributed by atoms with Crippen molar-refractivity contribution in [2.75, 3.05) is 31.1 Å². The van der Waals surface area contributed by atoms with E-state index >= 15 is 0 Å². The van der Waals surface area contributed by atoms with E-state index in [1.165, 1.54) is 5.56 Å². The fourth-order valence-corrected chi connectivity index (χ4v) is 3.28. The van der Waals surface area contributed by atoms with Crippen molar-refractivity contribution in [3.8, 4) is 0 Å². The van der Waals surface area contributed by atoms with Gasteiger partial charge in [0.1, 0.15) is 5.82 Å². The van der Waals surface area contributed by atoms with Crippen molar-refractivity contribution in [1.82, 2.24) is 20.6 Å². The normalized spacial score (nSPS) is 17.4. The lowest BCUT2D eigenvalue weighted by atomic mass is 10.2. The molecule has 0 saturated carbocycles. The molecule has 3 heterocycles. The molecule has 2 aromatic rings. The number of hydrogen-bond donors (Lipinski definition) is 2. The van der Waals surface area contributed by atoms with Gasteiger partial charge in [-0.1, -0.05) is 17.7 Å². The van der Waals surface area contributed by atoms with Gasteiger partial charge >= 0.3 is 0 Å². The van der Waals surface area contributed by atoms with E-state index in [9.17, 15) is 0 Å². The van der Waals surface area contributed by atoms with Crippen molar-refractivity contribution in [3.05, 3.63) is 53.4 Å². The van der Waals surface area contributed by atoms with E-state index in [0.29, 0.717) is 11.1 Å². The van der Waals surface area contributed by atoms with Gasteiger partial charge < -0.3 is 15.5 Å². The van der Waals surface area contributed by atoms with Gasteiger partial charge in [0.15, 0.2) is 5.96 Å². The first-order valence-electron chi connectivity index (χ1n) is 9.05. The maximum absolute atomic E-state index is 6.27. The van der Waals surface area contributed by atoms with E-state index in [-0.39, 0.29) is 0 Å². The van der Waals surface area contributed by atoms with Crippen molar-refractivity contribution >= 4 is 23.4 Å². The van der Waals surface area contributed by atoms with Gasteiger partial charge in [0.05, 0.1) is 5.02 Å². The predicted molar refractivity (Wildman–Crippen MR) is 107 cm³/mol. The van der Waals surface area contributed by atoms with E-state index in [1.54, 1.807) is 12.4 Å². The summed E-state index contributed by atoms with van der Waals surface area (Å²) in [5.41, 5.74) is 1.20. The fraction of sp³-hybridized carbons (Fsp3) is 0.421. The average molecular weight is 373 g/mol. The summed E-state index contributed by atoms with van der Waals surface area (Å²) in [6.45, 7) is 5.44. The molecule has 6 nitrogen and oxygen atoms in total. The van der Waals surface area contributed by atoms with Crippen molar-refractivity contribution in [2.45, 2.75) is 25.8 Å². The molecule has 1 aliphatic rings. The number of nitrogens with zero attached hydrogens (tertiary/aromatic N) is 4. The molecule has 1 unspecified atom stereocenters. The van der Waals surface area contributed by atoms with Crippen molar-refractivity contribution < 1.29 is 0 Å². The molecule has 1 fully saturated rings. The Morgan fingerprint density at radius 3 is 3.00 bits per heavy atom. The first-order chi connectivity index (χ1) is 12.8. The predicted octanol–water partition coefficient (Wildman–Crippen LogP) is 2.51. The average Bonchev–Trinajstić information content (AvgIpc) is 3.11. The molecule has 3 rings (SSSR count). The highest BCUT2D eigenvalue weighted by molar-refractivity contribution is 6.32. The molecule has 0 amide bonds. The minimum Gasteiger partial charge on any atom is -0.357 e. The second kappa shape index (κ2) is 9.38. The number of nitrogens with one attached hydrogen (secondary N) is 2. The fourth-order valence-electron chi connectivity index (χ4n) is 3.04. The van der Waals surface area contributed by atoms with Gasteiger partial charge in [0, 0.05) is 50.8 Å². The summed E-state index contributed by atoms with van der Waals surface area (Å²) < 4.78 is 0. The first kappa shape index (κ1) is 18.5. The Morgan fingerprint density at radius 2 is 2.23 bits per heavy atom. The van der Waals surface area contributed by atoms with Crippen LogP contribution < -0.4 is 15.5 Å². The Bertz CT molecular complexity index is 721. The molecule has 26 heavy (non-hydrogen) atoms. The number of guanidine groups is 1. The van der Waals surface area contributed by atoms with Gasteiger partial charge in [0.2, 0.25) is 0 Å². The molecule has 2 N–H and O–H groups in total. The van der Waals surface area contributed by atoms with Crippen LogP contribution in [0, 0.1) is 0 Å². The summed E-state index contributed by atoms with van der Waals surface area (Å²) in [7, 11) is 0. The molecule has 0 bridgehead atoms. The van der Waals surface area contributed by atoms with Crippen LogP contribution in [0.4, 0.5) is 5.82 Å². The van der Waals surface area contributed by atoms with Crippen LogP contribution in [0.1, 0.15) is 18.9 Å². The third-order valence-electron chi connectivity index (χ3n) is 4.31.